The highest BCUT2D eigenvalue weighted by atomic mass is 32.2. The van der Waals surface area contributed by atoms with Crippen LogP contribution in [0.5, 0.6) is 5.88 Å². The van der Waals surface area contributed by atoms with Crippen molar-refractivity contribution in [1.29, 1.82) is 0 Å². The van der Waals surface area contributed by atoms with Crippen LogP contribution in [0.1, 0.15) is 26.7 Å². The van der Waals surface area contributed by atoms with Gasteiger partial charge in [-0.2, -0.15) is 0 Å². The normalized spacial score (nSPS) is 12.5. The van der Waals surface area contributed by atoms with E-state index in [1.807, 2.05) is 18.2 Å². The fourth-order valence-electron chi connectivity index (χ4n) is 1.25. The van der Waals surface area contributed by atoms with Crippen LogP contribution in [-0.4, -0.2) is 17.3 Å². The molecule has 0 saturated carbocycles. The van der Waals surface area contributed by atoms with Gasteiger partial charge in [-0.1, -0.05) is 26.3 Å². The van der Waals surface area contributed by atoms with Gasteiger partial charge in [0.15, 0.2) is 0 Å². The number of hydrogen-bond donors (Lipinski definition) is 0. The van der Waals surface area contributed by atoms with Crippen LogP contribution < -0.4 is 4.74 Å². The lowest BCUT2D eigenvalue weighted by atomic mass is 10.3. The van der Waals surface area contributed by atoms with Gasteiger partial charge in [0.25, 0.3) is 0 Å². The fourth-order valence-corrected chi connectivity index (χ4v) is 2.31. The molecular formula is C11H17NOS. The molecular weight excluding hydrogens is 194 g/mol. The molecule has 0 saturated heterocycles. The van der Waals surface area contributed by atoms with Crippen LogP contribution in [0.15, 0.2) is 23.2 Å². The lowest BCUT2D eigenvalue weighted by Gasteiger charge is -2.09. The highest BCUT2D eigenvalue weighted by molar-refractivity contribution is 7.99. The maximum atomic E-state index is 5.07. The topological polar surface area (TPSA) is 22.1 Å². The molecule has 0 aliphatic rings. The van der Waals surface area contributed by atoms with Gasteiger partial charge in [-0.15, -0.1) is 11.8 Å². The van der Waals surface area contributed by atoms with Crippen LogP contribution in [0, 0.1) is 0 Å². The second-order valence-electron chi connectivity index (χ2n) is 3.24. The van der Waals surface area contributed by atoms with E-state index >= 15 is 0 Å². The second-order valence-corrected chi connectivity index (χ2v) is 4.69. The van der Waals surface area contributed by atoms with Crippen molar-refractivity contribution < 1.29 is 4.74 Å². The molecule has 1 heterocycles. The third-order valence-corrected chi connectivity index (χ3v) is 3.03. The van der Waals surface area contributed by atoms with Crippen molar-refractivity contribution in [2.75, 3.05) is 7.11 Å². The van der Waals surface area contributed by atoms with E-state index in [0.29, 0.717) is 11.1 Å². The molecule has 14 heavy (non-hydrogen) atoms. The number of hydrogen-bond acceptors (Lipinski definition) is 3. The Morgan fingerprint density at radius 3 is 2.93 bits per heavy atom. The minimum Gasteiger partial charge on any atom is -0.481 e. The first kappa shape index (κ1) is 11.4. The Hall–Kier alpha value is -0.700. The first-order chi connectivity index (χ1) is 6.76. The van der Waals surface area contributed by atoms with E-state index in [4.69, 9.17) is 4.74 Å². The predicted molar refractivity (Wildman–Crippen MR) is 61.0 cm³/mol. The summed E-state index contributed by atoms with van der Waals surface area (Å²) in [6.45, 7) is 4.44. The van der Waals surface area contributed by atoms with Gasteiger partial charge < -0.3 is 4.74 Å². The van der Waals surface area contributed by atoms with Crippen molar-refractivity contribution in [2.24, 2.45) is 0 Å². The van der Waals surface area contributed by atoms with E-state index in [-0.39, 0.29) is 0 Å². The lowest BCUT2D eigenvalue weighted by molar-refractivity contribution is 0.394. The van der Waals surface area contributed by atoms with E-state index in [1.54, 1.807) is 18.9 Å². The second kappa shape index (κ2) is 5.91. The molecule has 0 aromatic carbocycles. The zero-order valence-electron chi connectivity index (χ0n) is 8.99. The van der Waals surface area contributed by atoms with Gasteiger partial charge in [-0.3, -0.25) is 0 Å². The number of aromatic nitrogens is 1. The first-order valence-corrected chi connectivity index (χ1v) is 5.82. The SMILES string of the molecule is CCCC(C)Sc1cccc(OC)n1. The Labute approximate surface area is 90.1 Å². The molecule has 0 aliphatic heterocycles. The zero-order valence-corrected chi connectivity index (χ0v) is 9.80. The van der Waals surface area contributed by atoms with Gasteiger partial charge in [0, 0.05) is 11.3 Å². The van der Waals surface area contributed by atoms with Crippen LogP contribution in [-0.2, 0) is 0 Å². The van der Waals surface area contributed by atoms with Crippen LogP contribution >= 0.6 is 11.8 Å². The first-order valence-electron chi connectivity index (χ1n) is 4.94. The number of methoxy groups -OCH3 is 1. The van der Waals surface area contributed by atoms with Gasteiger partial charge in [-0.05, 0) is 12.5 Å². The Kier molecular flexibility index (Phi) is 4.80. The lowest BCUT2D eigenvalue weighted by Crippen LogP contribution is -1.96. The average molecular weight is 211 g/mol. The molecule has 0 N–H and O–H groups in total. The summed E-state index contributed by atoms with van der Waals surface area (Å²) in [7, 11) is 1.65. The third-order valence-electron chi connectivity index (χ3n) is 1.92. The summed E-state index contributed by atoms with van der Waals surface area (Å²) in [6.07, 6.45) is 2.45. The Balaban J connectivity index is 2.57. The monoisotopic (exact) mass is 211 g/mol. The molecule has 0 amide bonds. The van der Waals surface area contributed by atoms with Gasteiger partial charge in [0.1, 0.15) is 5.03 Å². The maximum Gasteiger partial charge on any atom is 0.213 e. The summed E-state index contributed by atoms with van der Waals surface area (Å²) < 4.78 is 5.07. The zero-order chi connectivity index (χ0) is 10.4. The number of rotatable bonds is 5. The molecule has 1 rings (SSSR count). The summed E-state index contributed by atoms with van der Waals surface area (Å²) in [5.41, 5.74) is 0. The Bertz CT molecular complexity index is 278. The number of ether oxygens (including phenoxy) is 1. The Morgan fingerprint density at radius 2 is 2.29 bits per heavy atom. The number of pyridine rings is 1. The highest BCUT2D eigenvalue weighted by Crippen LogP contribution is 2.25. The van der Waals surface area contributed by atoms with Crippen molar-refractivity contribution in [1.82, 2.24) is 4.98 Å². The molecule has 2 nitrogen and oxygen atoms in total. The molecule has 3 heteroatoms. The smallest absolute Gasteiger partial charge is 0.213 e. The summed E-state index contributed by atoms with van der Waals surface area (Å²) in [5, 5.41) is 1.67. The van der Waals surface area contributed by atoms with Gasteiger partial charge >= 0.3 is 0 Å². The van der Waals surface area contributed by atoms with Crippen LogP contribution in [0.4, 0.5) is 0 Å². The van der Waals surface area contributed by atoms with Crippen LogP contribution in [0.25, 0.3) is 0 Å². The van der Waals surface area contributed by atoms with E-state index in [1.165, 1.54) is 12.8 Å². The standard InChI is InChI=1S/C11H17NOS/c1-4-6-9(2)14-11-8-5-7-10(12-11)13-3/h5,7-9H,4,6H2,1-3H3. The van der Waals surface area contributed by atoms with E-state index < -0.39 is 0 Å². The summed E-state index contributed by atoms with van der Waals surface area (Å²) >= 11 is 1.81. The molecule has 1 atom stereocenters. The van der Waals surface area contributed by atoms with E-state index in [2.05, 4.69) is 18.8 Å². The van der Waals surface area contributed by atoms with Crippen molar-refractivity contribution in [2.45, 2.75) is 37.0 Å². The summed E-state index contributed by atoms with van der Waals surface area (Å²) in [6, 6.07) is 5.88. The minimum atomic E-state index is 0.625. The van der Waals surface area contributed by atoms with Crippen LogP contribution in [0.3, 0.4) is 0 Å². The highest BCUT2D eigenvalue weighted by Gasteiger charge is 2.04. The van der Waals surface area contributed by atoms with Gasteiger partial charge in [0.2, 0.25) is 5.88 Å². The Morgan fingerprint density at radius 1 is 1.50 bits per heavy atom. The van der Waals surface area contributed by atoms with Gasteiger partial charge in [-0.25, -0.2) is 4.98 Å². The maximum absolute atomic E-state index is 5.07. The van der Waals surface area contributed by atoms with Crippen molar-refractivity contribution >= 4 is 11.8 Å². The molecule has 1 aromatic rings. The van der Waals surface area contributed by atoms with E-state index in [0.717, 1.165) is 5.03 Å². The number of nitrogens with zero attached hydrogens (tertiary/aromatic N) is 1. The quantitative estimate of drug-likeness (QED) is 0.697. The molecule has 0 radical (unpaired) electrons. The van der Waals surface area contributed by atoms with Crippen molar-refractivity contribution in [3.8, 4) is 5.88 Å². The molecule has 78 valence electrons. The third kappa shape index (κ3) is 3.58. The van der Waals surface area contributed by atoms with Crippen molar-refractivity contribution in [3.05, 3.63) is 18.2 Å². The molecule has 0 fully saturated rings. The van der Waals surface area contributed by atoms with E-state index in [9.17, 15) is 0 Å². The largest absolute Gasteiger partial charge is 0.481 e. The fraction of sp³-hybridized carbons (Fsp3) is 0.545. The number of thioether (sulfide) groups is 1. The summed E-state index contributed by atoms with van der Waals surface area (Å²) in [4.78, 5) is 4.35. The molecule has 0 aliphatic carbocycles. The van der Waals surface area contributed by atoms with Crippen LogP contribution in [0.2, 0.25) is 0 Å². The summed E-state index contributed by atoms with van der Waals surface area (Å²) in [5.74, 6) is 0.693. The predicted octanol–water partition coefficient (Wildman–Crippen LogP) is 3.37. The minimum absolute atomic E-state index is 0.625. The van der Waals surface area contributed by atoms with Gasteiger partial charge in [0.05, 0.1) is 7.11 Å². The molecule has 0 spiro atoms. The molecule has 0 bridgehead atoms. The average Bonchev–Trinajstić information content (AvgIpc) is 2.18. The molecule has 1 unspecified atom stereocenters. The van der Waals surface area contributed by atoms with Crippen molar-refractivity contribution in [3.63, 3.8) is 0 Å². The molecule has 1 aromatic heterocycles.